The van der Waals surface area contributed by atoms with Gasteiger partial charge in [0, 0.05) is 12.7 Å². The summed E-state index contributed by atoms with van der Waals surface area (Å²) < 4.78 is 0. The largest absolute Gasteiger partial charge is 0.370 e. The van der Waals surface area contributed by atoms with Crippen LogP contribution in [-0.4, -0.2) is 23.9 Å². The summed E-state index contributed by atoms with van der Waals surface area (Å²) >= 11 is 0. The fourth-order valence-corrected chi connectivity index (χ4v) is 1.70. The lowest BCUT2D eigenvalue weighted by Crippen LogP contribution is -2.40. The van der Waals surface area contributed by atoms with Crippen LogP contribution in [0.15, 0.2) is 18.2 Å². The minimum atomic E-state index is -0.391. The lowest BCUT2D eigenvalue weighted by molar-refractivity contribution is 0.238. The molecule has 18 heavy (non-hydrogen) atoms. The molecule has 0 aliphatic heterocycles. The van der Waals surface area contributed by atoms with Gasteiger partial charge in [0.05, 0.1) is 0 Å². The molecule has 0 fully saturated rings. The fraction of sp³-hybridized carbons (Fsp3) is 0.385. The molecule has 5 heteroatoms. The number of nitrogens with one attached hydrogen (secondary N) is 2. The van der Waals surface area contributed by atoms with Crippen LogP contribution in [0, 0.1) is 5.41 Å². The molecule has 0 saturated heterocycles. The molecule has 0 bridgehead atoms. The Hall–Kier alpha value is -2.04. The lowest BCUT2D eigenvalue weighted by Gasteiger charge is -2.19. The Balaban J connectivity index is 3.02. The predicted octanol–water partition coefficient (Wildman–Crippen LogP) is 2.17. The van der Waals surface area contributed by atoms with E-state index in [1.807, 2.05) is 32.0 Å². The van der Waals surface area contributed by atoms with E-state index in [1.165, 1.54) is 7.05 Å². The number of hydrogen-bond donors (Lipinski definition) is 3. The number of carbonyl (C=O) groups is 1. The quantitative estimate of drug-likeness (QED) is 0.566. The second-order valence-electron chi connectivity index (χ2n) is 4.03. The van der Waals surface area contributed by atoms with Crippen molar-refractivity contribution in [3.8, 4) is 0 Å². The summed E-state index contributed by atoms with van der Waals surface area (Å²) in [7, 11) is 1.47. The third kappa shape index (κ3) is 3.00. The molecule has 0 aliphatic carbocycles. The number of para-hydroxylation sites is 1. The molecule has 1 aromatic carbocycles. The summed E-state index contributed by atoms with van der Waals surface area (Å²) in [6.45, 7) is 4.08. The van der Waals surface area contributed by atoms with Gasteiger partial charge in [-0.05, 0) is 24.0 Å². The van der Waals surface area contributed by atoms with Crippen LogP contribution in [0.3, 0.4) is 0 Å². The van der Waals surface area contributed by atoms with Gasteiger partial charge in [-0.25, -0.2) is 4.79 Å². The van der Waals surface area contributed by atoms with Crippen molar-refractivity contribution in [3.05, 3.63) is 29.3 Å². The Kier molecular flexibility index (Phi) is 4.71. The molecule has 1 rings (SSSR count). The van der Waals surface area contributed by atoms with Gasteiger partial charge >= 0.3 is 6.03 Å². The first-order valence-electron chi connectivity index (χ1n) is 6.00. The number of carbonyl (C=O) groups excluding carboxylic acids is 1. The number of amides is 2. The van der Waals surface area contributed by atoms with Crippen molar-refractivity contribution in [2.75, 3.05) is 12.4 Å². The highest BCUT2D eigenvalue weighted by Crippen LogP contribution is 2.22. The van der Waals surface area contributed by atoms with Gasteiger partial charge in [0.25, 0.3) is 0 Å². The molecule has 0 atom stereocenters. The smallest absolute Gasteiger partial charge is 0.328 e. The van der Waals surface area contributed by atoms with E-state index in [9.17, 15) is 4.79 Å². The second-order valence-corrected chi connectivity index (χ2v) is 4.03. The van der Waals surface area contributed by atoms with Crippen LogP contribution in [0.2, 0.25) is 0 Å². The summed E-state index contributed by atoms with van der Waals surface area (Å²) in [6.07, 6.45) is 1.68. The first-order chi connectivity index (χ1) is 8.51. The van der Waals surface area contributed by atoms with Crippen molar-refractivity contribution < 1.29 is 4.79 Å². The maximum Gasteiger partial charge on any atom is 0.328 e. The summed E-state index contributed by atoms with van der Waals surface area (Å²) in [5.74, 6) is -0.278. The van der Waals surface area contributed by atoms with Crippen LogP contribution in [0.25, 0.3) is 0 Å². The number of benzene rings is 1. The van der Waals surface area contributed by atoms with Gasteiger partial charge in [0.15, 0.2) is 5.96 Å². The molecule has 98 valence electrons. The van der Waals surface area contributed by atoms with E-state index in [0.29, 0.717) is 0 Å². The molecule has 0 heterocycles. The minimum absolute atomic E-state index is 0.278. The molecule has 1 aromatic rings. The van der Waals surface area contributed by atoms with Crippen LogP contribution in [0.1, 0.15) is 25.0 Å². The standard InChI is InChI=1S/C13H20N4O/c1-4-9-7-6-8-10(5-2)11(9)16-13(18)17(3)12(14)15/h6-8H,4-5H2,1-3H3,(H3,14,15)(H,16,18). The molecule has 0 aliphatic rings. The first kappa shape index (κ1) is 14.0. The van der Waals surface area contributed by atoms with Crippen molar-refractivity contribution in [2.24, 2.45) is 5.73 Å². The first-order valence-corrected chi connectivity index (χ1v) is 6.00. The highest BCUT2D eigenvalue weighted by Gasteiger charge is 2.14. The summed E-state index contributed by atoms with van der Waals surface area (Å²) in [5.41, 5.74) is 8.28. The van der Waals surface area contributed by atoms with Crippen LogP contribution in [-0.2, 0) is 12.8 Å². The Bertz CT molecular complexity index is 434. The molecule has 0 spiro atoms. The van der Waals surface area contributed by atoms with Crippen molar-refractivity contribution in [1.29, 1.82) is 5.41 Å². The maximum atomic E-state index is 11.9. The minimum Gasteiger partial charge on any atom is -0.370 e. The van der Waals surface area contributed by atoms with E-state index in [-0.39, 0.29) is 5.96 Å². The molecular formula is C13H20N4O. The van der Waals surface area contributed by atoms with Gasteiger partial charge in [-0.1, -0.05) is 32.0 Å². The summed E-state index contributed by atoms with van der Waals surface area (Å²) in [6, 6.07) is 5.57. The van der Waals surface area contributed by atoms with E-state index in [0.717, 1.165) is 34.6 Å². The van der Waals surface area contributed by atoms with Crippen molar-refractivity contribution >= 4 is 17.7 Å². The Labute approximate surface area is 107 Å². The predicted molar refractivity (Wildman–Crippen MR) is 73.9 cm³/mol. The molecule has 0 unspecified atom stereocenters. The third-order valence-electron chi connectivity index (χ3n) is 2.90. The van der Waals surface area contributed by atoms with Gasteiger partial charge in [0.2, 0.25) is 0 Å². The van der Waals surface area contributed by atoms with E-state index >= 15 is 0 Å². The van der Waals surface area contributed by atoms with E-state index in [1.54, 1.807) is 0 Å². The maximum absolute atomic E-state index is 11.9. The summed E-state index contributed by atoms with van der Waals surface area (Å²) in [5, 5.41) is 10.1. The molecular weight excluding hydrogens is 228 g/mol. The Morgan fingerprint density at radius 2 is 1.83 bits per heavy atom. The van der Waals surface area contributed by atoms with Gasteiger partial charge in [0.1, 0.15) is 0 Å². The zero-order valence-corrected chi connectivity index (χ0v) is 11.1. The Morgan fingerprint density at radius 1 is 1.33 bits per heavy atom. The fourth-order valence-electron chi connectivity index (χ4n) is 1.70. The number of nitrogens with zero attached hydrogens (tertiary/aromatic N) is 1. The van der Waals surface area contributed by atoms with E-state index in [4.69, 9.17) is 11.1 Å². The van der Waals surface area contributed by atoms with Gasteiger partial charge < -0.3 is 11.1 Å². The van der Waals surface area contributed by atoms with Crippen LogP contribution < -0.4 is 11.1 Å². The molecule has 0 saturated carbocycles. The Morgan fingerprint density at radius 3 is 2.22 bits per heavy atom. The van der Waals surface area contributed by atoms with Crippen LogP contribution in [0.4, 0.5) is 10.5 Å². The number of anilines is 1. The average Bonchev–Trinajstić information content (AvgIpc) is 2.37. The monoisotopic (exact) mass is 248 g/mol. The topological polar surface area (TPSA) is 82.2 Å². The van der Waals surface area contributed by atoms with Crippen LogP contribution in [0.5, 0.6) is 0 Å². The molecule has 0 aromatic heterocycles. The van der Waals surface area contributed by atoms with Crippen LogP contribution >= 0.6 is 0 Å². The number of aryl methyl sites for hydroxylation is 2. The lowest BCUT2D eigenvalue weighted by atomic mass is 10.0. The zero-order valence-electron chi connectivity index (χ0n) is 11.1. The highest BCUT2D eigenvalue weighted by atomic mass is 16.2. The van der Waals surface area contributed by atoms with Gasteiger partial charge in [-0.3, -0.25) is 10.3 Å². The molecule has 2 amide bonds. The molecule has 0 radical (unpaired) electrons. The highest BCUT2D eigenvalue weighted by molar-refractivity contribution is 6.01. The molecule has 4 N–H and O–H groups in total. The van der Waals surface area contributed by atoms with Crippen molar-refractivity contribution in [1.82, 2.24) is 4.90 Å². The van der Waals surface area contributed by atoms with E-state index in [2.05, 4.69) is 5.32 Å². The zero-order chi connectivity index (χ0) is 13.7. The van der Waals surface area contributed by atoms with Gasteiger partial charge in [-0.15, -0.1) is 0 Å². The SMILES string of the molecule is CCc1cccc(CC)c1NC(=O)N(C)C(=N)N. The average molecular weight is 248 g/mol. The normalized spacial score (nSPS) is 9.94. The second kappa shape index (κ2) is 6.05. The van der Waals surface area contributed by atoms with E-state index < -0.39 is 6.03 Å². The summed E-state index contributed by atoms with van der Waals surface area (Å²) in [4.78, 5) is 13.0. The third-order valence-corrected chi connectivity index (χ3v) is 2.90. The number of guanidine groups is 1. The van der Waals surface area contributed by atoms with Crippen molar-refractivity contribution in [3.63, 3.8) is 0 Å². The number of rotatable bonds is 3. The number of urea groups is 1. The molecule has 5 nitrogen and oxygen atoms in total. The number of hydrogen-bond acceptors (Lipinski definition) is 2. The number of nitrogens with two attached hydrogens (primary N) is 1. The van der Waals surface area contributed by atoms with Gasteiger partial charge in [-0.2, -0.15) is 0 Å². The van der Waals surface area contributed by atoms with Crippen molar-refractivity contribution in [2.45, 2.75) is 26.7 Å².